The lowest BCUT2D eigenvalue weighted by Crippen LogP contribution is -2.18. The Bertz CT molecular complexity index is 436. The van der Waals surface area contributed by atoms with Crippen LogP contribution in [-0.4, -0.2) is 22.7 Å². The number of hydrogen-bond donors (Lipinski definition) is 1. The van der Waals surface area contributed by atoms with Crippen LogP contribution >= 0.6 is 0 Å². The normalized spacial score (nSPS) is 28.1. The van der Waals surface area contributed by atoms with Gasteiger partial charge < -0.3 is 15.2 Å². The zero-order valence-electron chi connectivity index (χ0n) is 9.98. The van der Waals surface area contributed by atoms with E-state index >= 15 is 0 Å². The number of nitrogens with two attached hydrogens (primary N) is 1. The summed E-state index contributed by atoms with van der Waals surface area (Å²) in [5.41, 5.74) is 7.94. The van der Waals surface area contributed by atoms with Gasteiger partial charge in [0, 0.05) is 12.0 Å². The van der Waals surface area contributed by atoms with Crippen molar-refractivity contribution in [2.75, 3.05) is 12.3 Å². The summed E-state index contributed by atoms with van der Waals surface area (Å²) in [4.78, 5) is 8.96. The summed E-state index contributed by atoms with van der Waals surface area (Å²) < 4.78 is 11.1. The smallest absolute Gasteiger partial charge is 0.159 e. The number of ether oxygens (including phenoxy) is 2. The molecule has 3 heterocycles. The van der Waals surface area contributed by atoms with E-state index in [0.29, 0.717) is 25.1 Å². The number of nitrogen functional groups attached to an aromatic ring is 1. The Kier molecular flexibility index (Phi) is 2.72. The van der Waals surface area contributed by atoms with Crippen LogP contribution in [0.1, 0.15) is 43.0 Å². The molecule has 2 atom stereocenters. The van der Waals surface area contributed by atoms with Gasteiger partial charge in [0.1, 0.15) is 11.9 Å². The monoisotopic (exact) mass is 235 g/mol. The van der Waals surface area contributed by atoms with E-state index < -0.39 is 0 Å². The standard InChI is InChI=1S/C12H17N3O2/c1-7-2-3-10(17-7)12-14-9-4-5-16-6-8(9)11(13)15-12/h7,10H,2-6H2,1H3,(H2,13,14,15). The largest absolute Gasteiger partial charge is 0.383 e. The van der Waals surface area contributed by atoms with E-state index in [0.717, 1.165) is 36.3 Å². The second-order valence-corrected chi connectivity index (χ2v) is 4.71. The maximum atomic E-state index is 5.96. The van der Waals surface area contributed by atoms with Crippen molar-refractivity contribution in [2.45, 2.75) is 45.0 Å². The van der Waals surface area contributed by atoms with Gasteiger partial charge in [0.15, 0.2) is 5.82 Å². The fourth-order valence-corrected chi connectivity index (χ4v) is 2.41. The number of aromatic nitrogens is 2. The first-order valence-electron chi connectivity index (χ1n) is 6.12. The van der Waals surface area contributed by atoms with Gasteiger partial charge in [-0.2, -0.15) is 0 Å². The van der Waals surface area contributed by atoms with Crippen LogP contribution in [-0.2, 0) is 22.5 Å². The Morgan fingerprint density at radius 1 is 1.29 bits per heavy atom. The van der Waals surface area contributed by atoms with Gasteiger partial charge >= 0.3 is 0 Å². The van der Waals surface area contributed by atoms with Gasteiger partial charge in [-0.25, -0.2) is 9.97 Å². The molecule has 2 N–H and O–H groups in total. The first-order valence-corrected chi connectivity index (χ1v) is 6.12. The average Bonchev–Trinajstić information content (AvgIpc) is 2.76. The number of rotatable bonds is 1. The predicted molar refractivity (Wildman–Crippen MR) is 62.3 cm³/mol. The molecule has 92 valence electrons. The molecule has 0 spiro atoms. The van der Waals surface area contributed by atoms with Gasteiger partial charge in [-0.3, -0.25) is 0 Å². The topological polar surface area (TPSA) is 70.3 Å². The first-order chi connectivity index (χ1) is 8.24. The number of anilines is 1. The third-order valence-electron chi connectivity index (χ3n) is 3.39. The first kappa shape index (κ1) is 10.9. The van der Waals surface area contributed by atoms with Crippen LogP contribution in [0.15, 0.2) is 0 Å². The van der Waals surface area contributed by atoms with Crippen LogP contribution in [0.4, 0.5) is 5.82 Å². The molecular formula is C12H17N3O2. The zero-order chi connectivity index (χ0) is 11.8. The summed E-state index contributed by atoms with van der Waals surface area (Å²) in [6.07, 6.45) is 3.17. The molecule has 0 aromatic carbocycles. The lowest BCUT2D eigenvalue weighted by atomic mass is 10.1. The highest BCUT2D eigenvalue weighted by molar-refractivity contribution is 5.43. The summed E-state index contributed by atoms with van der Waals surface area (Å²) in [6, 6.07) is 0. The minimum absolute atomic E-state index is 0.0143. The predicted octanol–water partition coefficient (Wildman–Crippen LogP) is 1.37. The van der Waals surface area contributed by atoms with E-state index in [2.05, 4.69) is 16.9 Å². The Morgan fingerprint density at radius 3 is 2.94 bits per heavy atom. The molecule has 17 heavy (non-hydrogen) atoms. The van der Waals surface area contributed by atoms with Crippen LogP contribution in [0.5, 0.6) is 0 Å². The van der Waals surface area contributed by atoms with Crippen LogP contribution < -0.4 is 5.73 Å². The zero-order valence-corrected chi connectivity index (χ0v) is 9.98. The lowest BCUT2D eigenvalue weighted by molar-refractivity contribution is 0.0496. The van der Waals surface area contributed by atoms with E-state index in [4.69, 9.17) is 15.2 Å². The number of fused-ring (bicyclic) bond motifs is 1. The van der Waals surface area contributed by atoms with E-state index in [1.54, 1.807) is 0 Å². The second kappa shape index (κ2) is 4.23. The molecule has 2 aliphatic rings. The van der Waals surface area contributed by atoms with E-state index in [9.17, 15) is 0 Å². The highest BCUT2D eigenvalue weighted by atomic mass is 16.5. The third kappa shape index (κ3) is 2.00. The van der Waals surface area contributed by atoms with Crippen LogP contribution in [0.3, 0.4) is 0 Å². The molecule has 1 aromatic heterocycles. The van der Waals surface area contributed by atoms with Crippen LogP contribution in [0.25, 0.3) is 0 Å². The van der Waals surface area contributed by atoms with Crippen molar-refractivity contribution in [1.82, 2.24) is 9.97 Å². The summed E-state index contributed by atoms with van der Waals surface area (Å²) in [7, 11) is 0. The molecule has 1 saturated heterocycles. The molecule has 1 aromatic rings. The summed E-state index contributed by atoms with van der Waals surface area (Å²) >= 11 is 0. The van der Waals surface area contributed by atoms with Crippen molar-refractivity contribution in [2.24, 2.45) is 0 Å². The quantitative estimate of drug-likeness (QED) is 0.796. The van der Waals surface area contributed by atoms with Crippen LogP contribution in [0.2, 0.25) is 0 Å². The highest BCUT2D eigenvalue weighted by Crippen LogP contribution is 2.32. The molecule has 2 unspecified atom stereocenters. The molecule has 0 aliphatic carbocycles. The third-order valence-corrected chi connectivity index (χ3v) is 3.39. The minimum atomic E-state index is 0.0143. The molecule has 0 saturated carbocycles. The molecule has 0 radical (unpaired) electrons. The number of hydrogen-bond acceptors (Lipinski definition) is 5. The van der Waals surface area contributed by atoms with Gasteiger partial charge in [-0.05, 0) is 19.8 Å². The van der Waals surface area contributed by atoms with Crippen molar-refractivity contribution < 1.29 is 9.47 Å². The second-order valence-electron chi connectivity index (χ2n) is 4.71. The Labute approximate surface area is 100 Å². The van der Waals surface area contributed by atoms with Crippen molar-refractivity contribution >= 4 is 5.82 Å². The molecular weight excluding hydrogens is 218 g/mol. The Morgan fingerprint density at radius 2 is 2.18 bits per heavy atom. The molecule has 0 bridgehead atoms. The van der Waals surface area contributed by atoms with E-state index in [1.165, 1.54) is 0 Å². The van der Waals surface area contributed by atoms with E-state index in [-0.39, 0.29) is 6.10 Å². The molecule has 5 nitrogen and oxygen atoms in total. The van der Waals surface area contributed by atoms with Gasteiger partial charge in [0.2, 0.25) is 0 Å². The SMILES string of the molecule is CC1CCC(c2nc(N)c3c(n2)CCOC3)O1. The molecule has 5 heteroatoms. The van der Waals surface area contributed by atoms with E-state index in [1.807, 2.05) is 0 Å². The Hall–Kier alpha value is -1.20. The summed E-state index contributed by atoms with van der Waals surface area (Å²) in [5, 5.41) is 0. The summed E-state index contributed by atoms with van der Waals surface area (Å²) in [6.45, 7) is 3.32. The fraction of sp³-hybridized carbons (Fsp3) is 0.667. The average molecular weight is 235 g/mol. The van der Waals surface area contributed by atoms with Gasteiger partial charge in [-0.15, -0.1) is 0 Å². The van der Waals surface area contributed by atoms with Crippen molar-refractivity contribution in [3.05, 3.63) is 17.1 Å². The highest BCUT2D eigenvalue weighted by Gasteiger charge is 2.27. The molecule has 1 fully saturated rings. The van der Waals surface area contributed by atoms with Gasteiger partial charge in [-0.1, -0.05) is 0 Å². The maximum Gasteiger partial charge on any atom is 0.159 e. The van der Waals surface area contributed by atoms with Crippen molar-refractivity contribution in [3.63, 3.8) is 0 Å². The lowest BCUT2D eigenvalue weighted by Gasteiger charge is -2.19. The molecule has 3 rings (SSSR count). The minimum Gasteiger partial charge on any atom is -0.383 e. The maximum absolute atomic E-state index is 5.96. The van der Waals surface area contributed by atoms with Gasteiger partial charge in [0.05, 0.1) is 25.0 Å². The van der Waals surface area contributed by atoms with Gasteiger partial charge in [0.25, 0.3) is 0 Å². The summed E-state index contributed by atoms with van der Waals surface area (Å²) in [5.74, 6) is 1.29. The molecule has 2 aliphatic heterocycles. The molecule has 0 amide bonds. The van der Waals surface area contributed by atoms with Crippen molar-refractivity contribution in [3.8, 4) is 0 Å². The Balaban J connectivity index is 1.93. The number of nitrogens with zero attached hydrogens (tertiary/aromatic N) is 2. The van der Waals surface area contributed by atoms with Crippen LogP contribution in [0, 0.1) is 0 Å². The fourth-order valence-electron chi connectivity index (χ4n) is 2.41. The van der Waals surface area contributed by atoms with Crippen molar-refractivity contribution in [1.29, 1.82) is 0 Å².